The van der Waals surface area contributed by atoms with Crippen molar-refractivity contribution in [3.8, 4) is 0 Å². The predicted octanol–water partition coefficient (Wildman–Crippen LogP) is 1.61. The van der Waals surface area contributed by atoms with Gasteiger partial charge in [-0.05, 0) is 50.6 Å². The zero-order valence-electron chi connectivity index (χ0n) is 15.9. The maximum atomic E-state index is 12.4. The zero-order chi connectivity index (χ0) is 20.3. The number of hydrogen-bond donors (Lipinski definition) is 2. The summed E-state index contributed by atoms with van der Waals surface area (Å²) in [4.78, 5) is 15.5. The zero-order valence-corrected chi connectivity index (χ0v) is 16.7. The second-order valence-electron chi connectivity index (χ2n) is 6.50. The molecule has 0 saturated heterocycles. The molecule has 0 fully saturated rings. The van der Waals surface area contributed by atoms with E-state index < -0.39 is 10.0 Å². The van der Waals surface area contributed by atoms with Crippen molar-refractivity contribution in [2.24, 2.45) is 0 Å². The van der Waals surface area contributed by atoms with Crippen LogP contribution >= 0.6 is 0 Å². The number of anilines is 1. The molecule has 9 nitrogen and oxygen atoms in total. The number of rotatable bonds is 7. The highest BCUT2D eigenvalue weighted by molar-refractivity contribution is 7.89. The lowest BCUT2D eigenvalue weighted by Crippen LogP contribution is -2.25. The van der Waals surface area contributed by atoms with Gasteiger partial charge in [0, 0.05) is 37.0 Å². The highest BCUT2D eigenvalue weighted by Gasteiger charge is 2.14. The summed E-state index contributed by atoms with van der Waals surface area (Å²) < 4.78 is 29.2. The van der Waals surface area contributed by atoms with Gasteiger partial charge in [-0.3, -0.25) is 9.20 Å². The van der Waals surface area contributed by atoms with Crippen LogP contribution in [0.3, 0.4) is 0 Å². The van der Waals surface area contributed by atoms with Crippen LogP contribution in [0.25, 0.3) is 5.78 Å². The number of benzene rings is 1. The van der Waals surface area contributed by atoms with Crippen LogP contribution in [0.1, 0.15) is 30.6 Å². The minimum atomic E-state index is -3.62. The van der Waals surface area contributed by atoms with Gasteiger partial charge in [0.15, 0.2) is 0 Å². The number of aromatic nitrogens is 4. The van der Waals surface area contributed by atoms with Crippen LogP contribution in [0.4, 0.5) is 5.69 Å². The van der Waals surface area contributed by atoms with Crippen LogP contribution in [0.15, 0.2) is 35.2 Å². The molecule has 0 aliphatic rings. The van der Waals surface area contributed by atoms with E-state index in [9.17, 15) is 13.2 Å². The molecular formula is C18H22N6O3S. The summed E-state index contributed by atoms with van der Waals surface area (Å²) in [6, 6.07) is 7.97. The molecule has 0 aliphatic heterocycles. The van der Waals surface area contributed by atoms with Gasteiger partial charge in [0.1, 0.15) is 5.82 Å². The summed E-state index contributed by atoms with van der Waals surface area (Å²) in [6.45, 7) is 5.52. The van der Waals surface area contributed by atoms with E-state index in [0.717, 1.165) is 17.2 Å². The third-order valence-corrected chi connectivity index (χ3v) is 5.59. The van der Waals surface area contributed by atoms with Crippen molar-refractivity contribution in [1.82, 2.24) is 24.3 Å². The molecule has 0 aliphatic carbocycles. The number of nitrogens with one attached hydrogen (secondary N) is 2. The number of sulfonamides is 1. The average molecular weight is 402 g/mol. The van der Waals surface area contributed by atoms with Crippen molar-refractivity contribution < 1.29 is 13.2 Å². The molecule has 3 aromatic rings. The molecule has 0 spiro atoms. The third kappa shape index (κ3) is 4.52. The second kappa shape index (κ2) is 8.03. The molecule has 0 radical (unpaired) electrons. The Morgan fingerprint density at radius 2 is 1.86 bits per heavy atom. The molecular weight excluding hydrogens is 380 g/mol. The van der Waals surface area contributed by atoms with Gasteiger partial charge in [0.05, 0.1) is 4.90 Å². The van der Waals surface area contributed by atoms with E-state index >= 15 is 0 Å². The molecule has 0 atom stereocenters. The Balaban J connectivity index is 1.59. The van der Waals surface area contributed by atoms with Gasteiger partial charge in [-0.15, -0.1) is 10.2 Å². The number of fused-ring (bicyclic) bond motifs is 1. The fourth-order valence-electron chi connectivity index (χ4n) is 2.92. The van der Waals surface area contributed by atoms with Crippen LogP contribution in [-0.4, -0.2) is 40.5 Å². The molecule has 0 unspecified atom stereocenters. The summed E-state index contributed by atoms with van der Waals surface area (Å²) in [5.74, 6) is 1.08. The molecule has 2 heterocycles. The van der Waals surface area contributed by atoms with Crippen molar-refractivity contribution in [3.63, 3.8) is 0 Å². The van der Waals surface area contributed by atoms with Gasteiger partial charge in [-0.1, -0.05) is 0 Å². The molecule has 3 rings (SSSR count). The van der Waals surface area contributed by atoms with E-state index in [1.54, 1.807) is 12.1 Å². The minimum absolute atomic E-state index is 0.144. The molecule has 1 aromatic carbocycles. The van der Waals surface area contributed by atoms with Crippen LogP contribution in [0.2, 0.25) is 0 Å². The maximum absolute atomic E-state index is 12.4. The van der Waals surface area contributed by atoms with Crippen molar-refractivity contribution in [1.29, 1.82) is 0 Å². The second-order valence-corrected chi connectivity index (χ2v) is 8.26. The first-order chi connectivity index (χ1) is 13.3. The molecule has 0 bridgehead atoms. The van der Waals surface area contributed by atoms with Gasteiger partial charge in [-0.25, -0.2) is 18.1 Å². The van der Waals surface area contributed by atoms with Gasteiger partial charge in [0.25, 0.3) is 5.78 Å². The molecule has 1 amide bonds. The first-order valence-corrected chi connectivity index (χ1v) is 10.3. The van der Waals surface area contributed by atoms with E-state index in [1.807, 2.05) is 24.3 Å². The minimum Gasteiger partial charge on any atom is -0.326 e. The van der Waals surface area contributed by atoms with Gasteiger partial charge in [0.2, 0.25) is 15.9 Å². The monoisotopic (exact) mass is 402 g/mol. The fraction of sp³-hybridized carbons (Fsp3) is 0.333. The highest BCUT2D eigenvalue weighted by Crippen LogP contribution is 2.14. The first-order valence-electron chi connectivity index (χ1n) is 8.82. The smallest absolute Gasteiger partial charge is 0.255 e. The molecule has 2 aromatic heterocycles. The largest absolute Gasteiger partial charge is 0.326 e. The average Bonchev–Trinajstić information content (AvgIpc) is 3.02. The summed E-state index contributed by atoms with van der Waals surface area (Å²) in [5.41, 5.74) is 2.41. The molecule has 28 heavy (non-hydrogen) atoms. The van der Waals surface area contributed by atoms with Crippen molar-refractivity contribution in [3.05, 3.63) is 47.5 Å². The Hall–Kier alpha value is -2.85. The summed E-state index contributed by atoms with van der Waals surface area (Å²) in [7, 11) is -3.62. The van der Waals surface area contributed by atoms with E-state index in [2.05, 4.69) is 25.2 Å². The van der Waals surface area contributed by atoms with Crippen LogP contribution < -0.4 is 10.0 Å². The Bertz CT molecular complexity index is 1110. The molecule has 2 N–H and O–H groups in total. The van der Waals surface area contributed by atoms with E-state index in [0.29, 0.717) is 24.3 Å². The summed E-state index contributed by atoms with van der Waals surface area (Å²) in [6.07, 6.45) is 1.13. The van der Waals surface area contributed by atoms with E-state index in [4.69, 9.17) is 0 Å². The van der Waals surface area contributed by atoms with Crippen LogP contribution in [0.5, 0.6) is 0 Å². The van der Waals surface area contributed by atoms with Crippen molar-refractivity contribution in [2.45, 2.75) is 38.5 Å². The van der Waals surface area contributed by atoms with Crippen LogP contribution in [-0.2, 0) is 21.2 Å². The van der Waals surface area contributed by atoms with Gasteiger partial charge >= 0.3 is 0 Å². The Kier molecular flexibility index (Phi) is 5.71. The number of hydrogen-bond acceptors (Lipinski definition) is 6. The normalized spacial score (nSPS) is 11.7. The molecule has 10 heteroatoms. The quantitative estimate of drug-likeness (QED) is 0.580. The Labute approximate surface area is 163 Å². The van der Waals surface area contributed by atoms with E-state index in [-0.39, 0.29) is 17.3 Å². The SMILES string of the molecule is CC(=O)Nc1ccc(S(=O)(=O)NCCCc2nnc3nc(C)cc(C)n23)cc1. The lowest BCUT2D eigenvalue weighted by molar-refractivity contribution is -0.114. The van der Waals surface area contributed by atoms with Crippen molar-refractivity contribution in [2.75, 3.05) is 11.9 Å². The number of carbonyl (C=O) groups is 1. The Morgan fingerprint density at radius 3 is 2.54 bits per heavy atom. The highest BCUT2D eigenvalue weighted by atomic mass is 32.2. The number of carbonyl (C=O) groups excluding carboxylic acids is 1. The lowest BCUT2D eigenvalue weighted by Gasteiger charge is -2.08. The van der Waals surface area contributed by atoms with Crippen LogP contribution in [0, 0.1) is 13.8 Å². The number of aryl methyl sites for hydroxylation is 3. The molecule has 148 valence electrons. The third-order valence-electron chi connectivity index (χ3n) is 4.11. The fourth-order valence-corrected chi connectivity index (χ4v) is 3.99. The first kappa shape index (κ1) is 19.9. The maximum Gasteiger partial charge on any atom is 0.255 e. The summed E-state index contributed by atoms with van der Waals surface area (Å²) in [5, 5.41) is 10.8. The lowest BCUT2D eigenvalue weighted by atomic mass is 10.3. The standard InChI is InChI=1S/C18H22N6O3S/c1-12-11-13(2)24-17(22-23-18(24)20-12)5-4-10-19-28(26,27)16-8-6-15(7-9-16)21-14(3)25/h6-9,11,19H,4-5,10H2,1-3H3,(H,21,25). The number of amides is 1. The molecule has 0 saturated carbocycles. The van der Waals surface area contributed by atoms with Gasteiger partial charge < -0.3 is 5.32 Å². The Morgan fingerprint density at radius 1 is 1.14 bits per heavy atom. The van der Waals surface area contributed by atoms with Gasteiger partial charge in [-0.2, -0.15) is 0 Å². The number of nitrogens with zero attached hydrogens (tertiary/aromatic N) is 4. The summed E-state index contributed by atoms with van der Waals surface area (Å²) >= 11 is 0. The predicted molar refractivity (Wildman–Crippen MR) is 105 cm³/mol. The van der Waals surface area contributed by atoms with Crippen molar-refractivity contribution >= 4 is 27.4 Å². The topological polar surface area (TPSA) is 118 Å². The van der Waals surface area contributed by atoms with E-state index in [1.165, 1.54) is 19.1 Å².